The molecule has 1 saturated heterocycles. The van der Waals surface area contributed by atoms with Crippen LogP contribution >= 0.6 is 0 Å². The van der Waals surface area contributed by atoms with Gasteiger partial charge in [-0.05, 0) is 31.9 Å². The molecule has 0 saturated carbocycles. The molecule has 0 bridgehead atoms. The van der Waals surface area contributed by atoms with Gasteiger partial charge in [0, 0.05) is 25.3 Å². The van der Waals surface area contributed by atoms with Crippen LogP contribution in [0.25, 0.3) is 0 Å². The van der Waals surface area contributed by atoms with Crippen molar-refractivity contribution < 1.29 is 9.53 Å². The maximum absolute atomic E-state index is 11.4. The van der Waals surface area contributed by atoms with Crippen LogP contribution in [0, 0.1) is 0 Å². The first-order valence-electron chi connectivity index (χ1n) is 6.70. The minimum absolute atomic E-state index is 0.202. The molecule has 1 atom stereocenters. The Morgan fingerprint density at radius 3 is 2.79 bits per heavy atom. The molecule has 2 rings (SSSR count). The lowest BCUT2D eigenvalue weighted by Gasteiger charge is -2.34. The second-order valence-electron chi connectivity index (χ2n) is 4.86. The molecule has 0 radical (unpaired) electrons. The molecule has 1 aromatic rings. The summed E-state index contributed by atoms with van der Waals surface area (Å²) in [5.74, 6) is 0.828. The van der Waals surface area contributed by atoms with Crippen LogP contribution in [0.15, 0.2) is 24.4 Å². The lowest BCUT2D eigenvalue weighted by atomic mass is 10.0. The first kappa shape index (κ1) is 13.8. The Labute approximate surface area is 114 Å². The van der Waals surface area contributed by atoms with Gasteiger partial charge in [0.05, 0.1) is 7.11 Å². The van der Waals surface area contributed by atoms with Gasteiger partial charge in [0.2, 0.25) is 0 Å². The minimum Gasteiger partial charge on any atom is -0.468 e. The Morgan fingerprint density at radius 2 is 2.21 bits per heavy atom. The summed E-state index contributed by atoms with van der Waals surface area (Å²) < 4.78 is 4.72. The van der Waals surface area contributed by atoms with E-state index < -0.39 is 0 Å². The topological polar surface area (TPSA) is 54.5 Å². The summed E-state index contributed by atoms with van der Waals surface area (Å²) in [6.07, 6.45) is 3.84. The summed E-state index contributed by atoms with van der Waals surface area (Å²) in [6.45, 7) is 3.77. The number of methoxy groups -OCH3 is 1. The van der Waals surface area contributed by atoms with Gasteiger partial charge in [0.15, 0.2) is 0 Å². The molecule has 1 N–H and O–H groups in total. The predicted molar refractivity (Wildman–Crippen MR) is 74.1 cm³/mol. The van der Waals surface area contributed by atoms with Crippen molar-refractivity contribution in [2.45, 2.75) is 31.8 Å². The van der Waals surface area contributed by atoms with Crippen LogP contribution in [0.1, 0.15) is 19.8 Å². The molecule has 0 aromatic carbocycles. The van der Waals surface area contributed by atoms with Crippen molar-refractivity contribution in [3.05, 3.63) is 24.4 Å². The number of anilines is 1. The monoisotopic (exact) mass is 263 g/mol. The highest BCUT2D eigenvalue weighted by Gasteiger charge is 2.23. The SMILES string of the molecule is COC(=O)[C@@H](C)NC1CCN(c2ccccn2)CC1. The number of carbonyl (C=O) groups excluding carboxylic acids is 1. The van der Waals surface area contributed by atoms with E-state index in [2.05, 4.69) is 15.2 Å². The molecule has 19 heavy (non-hydrogen) atoms. The van der Waals surface area contributed by atoms with Gasteiger partial charge in [-0.25, -0.2) is 4.98 Å². The van der Waals surface area contributed by atoms with Gasteiger partial charge in [0.1, 0.15) is 11.9 Å². The number of pyridine rings is 1. The van der Waals surface area contributed by atoms with Crippen molar-refractivity contribution in [2.24, 2.45) is 0 Å². The Bertz CT molecular complexity index is 402. The van der Waals surface area contributed by atoms with E-state index in [9.17, 15) is 4.79 Å². The standard InChI is InChI=1S/C14H21N3O2/c1-11(14(18)19-2)16-12-6-9-17(10-7-12)13-5-3-4-8-15-13/h3-5,8,11-12,16H,6-7,9-10H2,1-2H3/t11-/m1/s1. The summed E-state index contributed by atoms with van der Waals surface area (Å²) >= 11 is 0. The lowest BCUT2D eigenvalue weighted by molar-refractivity contribution is -0.142. The predicted octanol–water partition coefficient (Wildman–Crippen LogP) is 1.20. The first-order valence-corrected chi connectivity index (χ1v) is 6.70. The average Bonchev–Trinajstić information content (AvgIpc) is 2.48. The third-order valence-electron chi connectivity index (χ3n) is 3.51. The first-order chi connectivity index (χ1) is 9.20. The molecule has 0 aliphatic carbocycles. The molecule has 104 valence electrons. The maximum atomic E-state index is 11.4. The summed E-state index contributed by atoms with van der Waals surface area (Å²) in [7, 11) is 1.42. The molecule has 1 fully saturated rings. The number of nitrogens with zero attached hydrogens (tertiary/aromatic N) is 2. The van der Waals surface area contributed by atoms with Crippen LogP contribution in [0.4, 0.5) is 5.82 Å². The smallest absolute Gasteiger partial charge is 0.322 e. The van der Waals surface area contributed by atoms with Gasteiger partial charge >= 0.3 is 5.97 Å². The highest BCUT2D eigenvalue weighted by Crippen LogP contribution is 2.17. The van der Waals surface area contributed by atoms with E-state index in [1.165, 1.54) is 7.11 Å². The number of esters is 1. The highest BCUT2D eigenvalue weighted by molar-refractivity contribution is 5.75. The Kier molecular flexibility index (Phi) is 4.74. The van der Waals surface area contributed by atoms with Crippen molar-refractivity contribution in [1.82, 2.24) is 10.3 Å². The van der Waals surface area contributed by atoms with Crippen molar-refractivity contribution >= 4 is 11.8 Å². The van der Waals surface area contributed by atoms with Crippen molar-refractivity contribution in [3.63, 3.8) is 0 Å². The summed E-state index contributed by atoms with van der Waals surface area (Å²) in [5.41, 5.74) is 0. The summed E-state index contributed by atoms with van der Waals surface area (Å²) in [6, 6.07) is 6.10. The van der Waals surface area contributed by atoms with Gasteiger partial charge in [-0.15, -0.1) is 0 Å². The second kappa shape index (κ2) is 6.52. The van der Waals surface area contributed by atoms with Gasteiger partial charge in [-0.1, -0.05) is 6.07 Å². The number of ether oxygens (including phenoxy) is 1. The van der Waals surface area contributed by atoms with Crippen LogP contribution < -0.4 is 10.2 Å². The summed E-state index contributed by atoms with van der Waals surface area (Å²) in [5, 5.41) is 3.32. The Morgan fingerprint density at radius 1 is 1.47 bits per heavy atom. The molecular formula is C14H21N3O2. The van der Waals surface area contributed by atoms with Gasteiger partial charge in [-0.2, -0.15) is 0 Å². The average molecular weight is 263 g/mol. The van der Waals surface area contributed by atoms with E-state index in [1.54, 1.807) is 0 Å². The summed E-state index contributed by atoms with van der Waals surface area (Å²) in [4.78, 5) is 18.0. The second-order valence-corrected chi connectivity index (χ2v) is 4.86. The number of rotatable bonds is 4. The Hall–Kier alpha value is -1.62. The molecule has 5 nitrogen and oxygen atoms in total. The van der Waals surface area contributed by atoms with Crippen molar-refractivity contribution in [1.29, 1.82) is 0 Å². The molecule has 0 unspecified atom stereocenters. The number of aromatic nitrogens is 1. The normalized spacial score (nSPS) is 18.1. The molecule has 0 spiro atoms. The quantitative estimate of drug-likeness (QED) is 0.827. The van der Waals surface area contributed by atoms with Gasteiger partial charge in [-0.3, -0.25) is 4.79 Å². The van der Waals surface area contributed by atoms with E-state index in [1.807, 2.05) is 31.3 Å². The zero-order chi connectivity index (χ0) is 13.7. The third kappa shape index (κ3) is 3.67. The van der Waals surface area contributed by atoms with Gasteiger partial charge < -0.3 is 15.0 Å². The fourth-order valence-electron chi connectivity index (χ4n) is 2.41. The third-order valence-corrected chi connectivity index (χ3v) is 3.51. The Balaban J connectivity index is 1.81. The molecule has 1 aliphatic rings. The number of nitrogens with one attached hydrogen (secondary N) is 1. The molecule has 5 heteroatoms. The number of piperidine rings is 1. The molecular weight excluding hydrogens is 242 g/mol. The molecule has 1 aliphatic heterocycles. The van der Waals surface area contributed by atoms with E-state index in [0.29, 0.717) is 6.04 Å². The highest BCUT2D eigenvalue weighted by atomic mass is 16.5. The zero-order valence-corrected chi connectivity index (χ0v) is 11.5. The maximum Gasteiger partial charge on any atom is 0.322 e. The zero-order valence-electron chi connectivity index (χ0n) is 11.5. The van der Waals surface area contributed by atoms with Crippen LogP contribution in [-0.4, -0.2) is 43.2 Å². The van der Waals surface area contributed by atoms with Crippen molar-refractivity contribution in [3.8, 4) is 0 Å². The lowest BCUT2D eigenvalue weighted by Crippen LogP contribution is -2.48. The van der Waals surface area contributed by atoms with Crippen LogP contribution in [0.3, 0.4) is 0 Å². The number of carbonyl (C=O) groups is 1. The van der Waals surface area contributed by atoms with Crippen LogP contribution in [0.5, 0.6) is 0 Å². The molecule has 0 amide bonds. The van der Waals surface area contributed by atoms with E-state index in [4.69, 9.17) is 4.74 Å². The number of hydrogen-bond acceptors (Lipinski definition) is 5. The van der Waals surface area contributed by atoms with Gasteiger partial charge in [0.25, 0.3) is 0 Å². The molecule has 1 aromatic heterocycles. The largest absolute Gasteiger partial charge is 0.468 e. The number of hydrogen-bond donors (Lipinski definition) is 1. The van der Waals surface area contributed by atoms with Crippen LogP contribution in [0.2, 0.25) is 0 Å². The van der Waals surface area contributed by atoms with E-state index >= 15 is 0 Å². The van der Waals surface area contributed by atoms with E-state index in [-0.39, 0.29) is 12.0 Å². The fourth-order valence-corrected chi connectivity index (χ4v) is 2.41. The fraction of sp³-hybridized carbons (Fsp3) is 0.571. The minimum atomic E-state index is -0.239. The van der Waals surface area contributed by atoms with Crippen LogP contribution in [-0.2, 0) is 9.53 Å². The van der Waals surface area contributed by atoms with E-state index in [0.717, 1.165) is 31.7 Å². The van der Waals surface area contributed by atoms with Crippen molar-refractivity contribution in [2.75, 3.05) is 25.1 Å². The molecule has 2 heterocycles.